The molecule has 1 rings (SSSR count). The smallest absolute Gasteiger partial charge is 0.260 e. The average Bonchev–Trinajstić information content (AvgIpc) is 2.37. The molecule has 106 valence electrons. The van der Waals surface area contributed by atoms with Crippen LogP contribution in [0.25, 0.3) is 0 Å². The van der Waals surface area contributed by atoms with E-state index < -0.39 is 11.9 Å². The van der Waals surface area contributed by atoms with Crippen molar-refractivity contribution in [3.8, 4) is 5.75 Å². The Bertz CT molecular complexity index is 429. The molecule has 0 aromatic heterocycles. The van der Waals surface area contributed by atoms with Crippen LogP contribution < -0.4 is 15.4 Å². The maximum atomic E-state index is 12.9. The second-order valence-electron chi connectivity index (χ2n) is 4.08. The van der Waals surface area contributed by atoms with Crippen molar-refractivity contribution in [1.29, 1.82) is 0 Å². The van der Waals surface area contributed by atoms with Gasteiger partial charge >= 0.3 is 0 Å². The predicted molar refractivity (Wildman–Crippen MR) is 73.1 cm³/mol. The maximum absolute atomic E-state index is 12.9. The quantitative estimate of drug-likeness (QED) is 0.754. The van der Waals surface area contributed by atoms with Crippen molar-refractivity contribution in [2.45, 2.75) is 19.4 Å². The number of hydrogen-bond acceptors (Lipinski definition) is 3. The highest BCUT2D eigenvalue weighted by atomic mass is 35.5. The number of hydrogen-bond donors (Lipinski definition) is 2. The van der Waals surface area contributed by atoms with Crippen LogP contribution >= 0.6 is 11.6 Å². The summed E-state index contributed by atoms with van der Waals surface area (Å²) in [5.41, 5.74) is 0. The van der Waals surface area contributed by atoms with Crippen LogP contribution in [0.5, 0.6) is 5.75 Å². The lowest BCUT2D eigenvalue weighted by molar-refractivity contribution is -0.127. The largest absolute Gasteiger partial charge is 0.479 e. The van der Waals surface area contributed by atoms with Crippen LogP contribution in [0.2, 0.25) is 5.02 Å². The minimum absolute atomic E-state index is 0.148. The highest BCUT2D eigenvalue weighted by Crippen LogP contribution is 2.25. The molecule has 0 fully saturated rings. The molecule has 1 unspecified atom stereocenters. The number of carbonyl (C=O) groups is 1. The first-order valence-corrected chi connectivity index (χ1v) is 6.46. The number of amides is 1. The summed E-state index contributed by atoms with van der Waals surface area (Å²) in [5.74, 6) is -0.376. The zero-order valence-corrected chi connectivity index (χ0v) is 11.8. The Hall–Kier alpha value is -1.33. The first kappa shape index (κ1) is 15.7. The Morgan fingerprint density at radius 3 is 2.84 bits per heavy atom. The monoisotopic (exact) mass is 288 g/mol. The molecule has 1 aromatic carbocycles. The van der Waals surface area contributed by atoms with E-state index in [1.165, 1.54) is 12.1 Å². The minimum Gasteiger partial charge on any atom is -0.479 e. The van der Waals surface area contributed by atoms with Gasteiger partial charge < -0.3 is 15.4 Å². The minimum atomic E-state index is -0.683. The first-order chi connectivity index (χ1) is 9.04. The van der Waals surface area contributed by atoms with Gasteiger partial charge in [-0.05, 0) is 45.1 Å². The molecule has 1 amide bonds. The van der Waals surface area contributed by atoms with Gasteiger partial charge in [-0.2, -0.15) is 0 Å². The van der Waals surface area contributed by atoms with Crippen molar-refractivity contribution in [3.05, 3.63) is 29.0 Å². The summed E-state index contributed by atoms with van der Waals surface area (Å²) in [5, 5.41) is 5.88. The van der Waals surface area contributed by atoms with Gasteiger partial charge in [-0.25, -0.2) is 4.39 Å². The summed E-state index contributed by atoms with van der Waals surface area (Å²) in [4.78, 5) is 11.7. The van der Waals surface area contributed by atoms with E-state index in [0.29, 0.717) is 12.3 Å². The Morgan fingerprint density at radius 2 is 2.21 bits per heavy atom. The van der Waals surface area contributed by atoms with Crippen LogP contribution in [0.3, 0.4) is 0 Å². The van der Waals surface area contributed by atoms with Crippen molar-refractivity contribution >= 4 is 17.5 Å². The second kappa shape index (κ2) is 7.96. The van der Waals surface area contributed by atoms with E-state index in [-0.39, 0.29) is 10.9 Å². The first-order valence-electron chi connectivity index (χ1n) is 6.08. The summed E-state index contributed by atoms with van der Waals surface area (Å²) in [7, 11) is 1.85. The van der Waals surface area contributed by atoms with Crippen LogP contribution in [0.15, 0.2) is 18.2 Å². The van der Waals surface area contributed by atoms with E-state index in [4.69, 9.17) is 16.3 Å². The normalized spacial score (nSPS) is 12.0. The molecular weight excluding hydrogens is 271 g/mol. The molecule has 1 aromatic rings. The van der Waals surface area contributed by atoms with Gasteiger partial charge in [0.1, 0.15) is 11.6 Å². The summed E-state index contributed by atoms with van der Waals surface area (Å²) in [6, 6.07) is 3.79. The predicted octanol–water partition coefficient (Wildman–Crippen LogP) is 1.97. The topological polar surface area (TPSA) is 50.4 Å². The van der Waals surface area contributed by atoms with Crippen molar-refractivity contribution < 1.29 is 13.9 Å². The molecule has 4 nitrogen and oxygen atoms in total. The molecule has 0 spiro atoms. The van der Waals surface area contributed by atoms with Gasteiger partial charge in [0.25, 0.3) is 5.91 Å². The molecule has 0 saturated heterocycles. The maximum Gasteiger partial charge on any atom is 0.260 e. The number of halogens is 2. The summed E-state index contributed by atoms with van der Waals surface area (Å²) in [6.45, 7) is 3.02. The molecule has 0 heterocycles. The molecule has 0 aliphatic carbocycles. The molecule has 0 saturated carbocycles. The van der Waals surface area contributed by atoms with Crippen molar-refractivity contribution in [3.63, 3.8) is 0 Å². The molecule has 1 atom stereocenters. The molecule has 6 heteroatoms. The van der Waals surface area contributed by atoms with Crippen LogP contribution in [-0.2, 0) is 4.79 Å². The fraction of sp³-hybridized carbons (Fsp3) is 0.462. The molecule has 0 bridgehead atoms. The van der Waals surface area contributed by atoms with E-state index in [1.807, 2.05) is 7.05 Å². The van der Waals surface area contributed by atoms with Gasteiger partial charge in [-0.15, -0.1) is 0 Å². The number of nitrogens with one attached hydrogen (secondary N) is 2. The van der Waals surface area contributed by atoms with Gasteiger partial charge in [0, 0.05) is 6.54 Å². The second-order valence-corrected chi connectivity index (χ2v) is 4.49. The average molecular weight is 289 g/mol. The fourth-order valence-corrected chi connectivity index (χ4v) is 1.65. The highest BCUT2D eigenvalue weighted by Gasteiger charge is 2.15. The third kappa shape index (κ3) is 5.44. The molecule has 0 radical (unpaired) electrons. The van der Waals surface area contributed by atoms with E-state index in [9.17, 15) is 9.18 Å². The van der Waals surface area contributed by atoms with E-state index in [2.05, 4.69) is 10.6 Å². The molecule has 0 aliphatic heterocycles. The van der Waals surface area contributed by atoms with Gasteiger partial charge in [-0.3, -0.25) is 4.79 Å². The molecule has 19 heavy (non-hydrogen) atoms. The lowest BCUT2D eigenvalue weighted by Crippen LogP contribution is -2.37. The lowest BCUT2D eigenvalue weighted by Gasteiger charge is -2.15. The third-order valence-corrected chi connectivity index (χ3v) is 2.77. The van der Waals surface area contributed by atoms with E-state index >= 15 is 0 Å². The van der Waals surface area contributed by atoms with Gasteiger partial charge in [0.05, 0.1) is 5.02 Å². The summed E-state index contributed by atoms with van der Waals surface area (Å²) >= 11 is 5.82. The van der Waals surface area contributed by atoms with Crippen LogP contribution in [0.1, 0.15) is 13.3 Å². The van der Waals surface area contributed by atoms with E-state index in [1.54, 1.807) is 6.92 Å². The van der Waals surface area contributed by atoms with E-state index in [0.717, 1.165) is 19.0 Å². The van der Waals surface area contributed by atoms with Crippen LogP contribution in [-0.4, -0.2) is 32.1 Å². The van der Waals surface area contributed by atoms with Gasteiger partial charge in [0.15, 0.2) is 6.10 Å². The zero-order chi connectivity index (χ0) is 14.3. The van der Waals surface area contributed by atoms with Crippen LogP contribution in [0, 0.1) is 5.82 Å². The lowest BCUT2D eigenvalue weighted by atomic mass is 10.3. The Morgan fingerprint density at radius 1 is 1.47 bits per heavy atom. The highest BCUT2D eigenvalue weighted by molar-refractivity contribution is 6.32. The molecule has 0 aliphatic rings. The molecular formula is C13H18ClFN2O2. The number of benzene rings is 1. The summed E-state index contributed by atoms with van der Waals surface area (Å²) in [6.07, 6.45) is 0.157. The number of ether oxygens (including phenoxy) is 1. The van der Waals surface area contributed by atoms with Crippen molar-refractivity contribution in [1.82, 2.24) is 10.6 Å². The standard InChI is InChI=1S/C13H18ClFN2O2/c1-9(13(18)17-7-3-6-16-2)19-12-5-4-10(15)8-11(12)14/h4-5,8-9,16H,3,6-7H2,1-2H3,(H,17,18). The molecule has 2 N–H and O–H groups in total. The SMILES string of the molecule is CNCCCNC(=O)C(C)Oc1ccc(F)cc1Cl. The van der Waals surface area contributed by atoms with Crippen LogP contribution in [0.4, 0.5) is 4.39 Å². The Kier molecular flexibility index (Phi) is 6.59. The summed E-state index contributed by atoms with van der Waals surface area (Å²) < 4.78 is 18.3. The number of carbonyl (C=O) groups excluding carboxylic acids is 1. The Labute approximate surface area is 117 Å². The fourth-order valence-electron chi connectivity index (χ4n) is 1.44. The van der Waals surface area contributed by atoms with Gasteiger partial charge in [0.2, 0.25) is 0 Å². The van der Waals surface area contributed by atoms with Gasteiger partial charge in [-0.1, -0.05) is 11.6 Å². The zero-order valence-electron chi connectivity index (χ0n) is 11.0. The Balaban J connectivity index is 2.45. The third-order valence-electron chi connectivity index (χ3n) is 2.47. The number of rotatable bonds is 7. The van der Waals surface area contributed by atoms with Crippen molar-refractivity contribution in [2.75, 3.05) is 20.1 Å². The van der Waals surface area contributed by atoms with Crippen molar-refractivity contribution in [2.24, 2.45) is 0 Å².